The lowest BCUT2D eigenvalue weighted by Crippen LogP contribution is -2.44. The van der Waals surface area contributed by atoms with Crippen molar-refractivity contribution < 1.29 is 61.9 Å². The van der Waals surface area contributed by atoms with Crippen LogP contribution in [0.2, 0.25) is 0 Å². The Hall–Kier alpha value is -3.31. The van der Waals surface area contributed by atoms with Gasteiger partial charge in [-0.05, 0) is 56.6 Å². The lowest BCUT2D eigenvalue weighted by Gasteiger charge is -2.27. The number of benzene rings is 1. The van der Waals surface area contributed by atoms with Crippen LogP contribution in [0.3, 0.4) is 0 Å². The second-order valence-electron chi connectivity index (χ2n) is 18.0. The number of esters is 1. The summed E-state index contributed by atoms with van der Waals surface area (Å²) >= 11 is 0. The maximum atomic E-state index is 13.4. The van der Waals surface area contributed by atoms with Crippen molar-refractivity contribution in [3.8, 4) is 0 Å². The van der Waals surface area contributed by atoms with E-state index < -0.39 is 17.4 Å². The summed E-state index contributed by atoms with van der Waals surface area (Å²) in [5, 5.41) is 2.83. The Balaban J connectivity index is 2.42. The lowest BCUT2D eigenvalue weighted by molar-refractivity contribution is -0.154. The van der Waals surface area contributed by atoms with E-state index in [4.69, 9.17) is 37.9 Å². The van der Waals surface area contributed by atoms with Gasteiger partial charge >= 0.3 is 5.97 Å². The van der Waals surface area contributed by atoms with E-state index >= 15 is 0 Å². The van der Waals surface area contributed by atoms with Gasteiger partial charge in [-0.15, -0.1) is 0 Å². The van der Waals surface area contributed by atoms with E-state index in [0.717, 1.165) is 17.5 Å². The summed E-state index contributed by atoms with van der Waals surface area (Å²) in [4.78, 5) is 66.8. The van der Waals surface area contributed by atoms with Gasteiger partial charge in [0.25, 0.3) is 0 Å². The highest BCUT2D eigenvalue weighted by Gasteiger charge is 2.28. The van der Waals surface area contributed by atoms with Crippen molar-refractivity contribution in [1.29, 1.82) is 0 Å². The molecule has 0 saturated carbocycles. The number of carbonyl (C=O) groups excluding carboxylic acids is 5. The quantitative estimate of drug-likeness (QED) is 0.0670. The Bertz CT molecular complexity index is 1410. The minimum atomic E-state index is -0.754. The van der Waals surface area contributed by atoms with Gasteiger partial charge in [0, 0.05) is 45.4 Å². The van der Waals surface area contributed by atoms with Gasteiger partial charge in [0.15, 0.2) is 5.78 Å². The molecule has 2 atom stereocenters. The largest absolute Gasteiger partial charge is 0.460 e. The van der Waals surface area contributed by atoms with Crippen LogP contribution < -0.4 is 5.32 Å². The molecule has 0 fully saturated rings. The van der Waals surface area contributed by atoms with Crippen molar-refractivity contribution >= 4 is 29.4 Å². The molecule has 15 nitrogen and oxygen atoms in total. The molecule has 0 saturated heterocycles. The van der Waals surface area contributed by atoms with Crippen LogP contribution in [0.5, 0.6) is 0 Å². The van der Waals surface area contributed by atoms with Gasteiger partial charge in [-0.3, -0.25) is 24.0 Å². The predicted molar refractivity (Wildman–Crippen MR) is 237 cm³/mol. The molecule has 0 aliphatic carbocycles. The number of hydrogen-bond donors (Lipinski definition) is 1. The van der Waals surface area contributed by atoms with E-state index in [1.165, 1.54) is 0 Å². The third-order valence-corrected chi connectivity index (χ3v) is 9.71. The summed E-state index contributed by atoms with van der Waals surface area (Å²) in [6.45, 7) is 23.8. The molecule has 0 aliphatic heterocycles. The molecule has 356 valence electrons. The summed E-state index contributed by atoms with van der Waals surface area (Å²) in [6.07, 6.45) is 1.18. The van der Waals surface area contributed by atoms with E-state index in [2.05, 4.69) is 26.1 Å². The molecule has 0 aliphatic rings. The van der Waals surface area contributed by atoms with Crippen LogP contribution in [0, 0.1) is 22.7 Å². The Kier molecular flexibility index (Phi) is 29.6. The fourth-order valence-electron chi connectivity index (χ4n) is 5.61. The molecule has 0 radical (unpaired) electrons. The standard InChI is InChI=1S/C47H80N2O13/c1-36(2)41(44(53)48-37(3)42(51)33-38-11-13-39(14-12-38)35-62-45(54)47(7,8)9)34-40(50)15-18-49(19-17-46(4,5)6)43(52)16-20-56-23-24-58-27-28-60-31-32-61-30-29-59-26-25-57-22-21-55-10/h11-14,36-37,41H,15-35H2,1-10H3,(H,48,53)/t37-,41-/m0/s1. The van der Waals surface area contributed by atoms with Gasteiger partial charge in [0.1, 0.15) is 12.4 Å². The van der Waals surface area contributed by atoms with Crippen molar-refractivity contribution in [2.75, 3.05) is 106 Å². The number of amides is 2. The van der Waals surface area contributed by atoms with E-state index in [1.807, 2.05) is 38.1 Å². The minimum absolute atomic E-state index is 0.0108. The fraction of sp³-hybridized carbons (Fsp3) is 0.766. The first-order chi connectivity index (χ1) is 29.3. The number of ether oxygens (including phenoxy) is 8. The molecule has 1 N–H and O–H groups in total. The van der Waals surface area contributed by atoms with Crippen LogP contribution in [-0.4, -0.2) is 146 Å². The molecular formula is C47H80N2O13. The van der Waals surface area contributed by atoms with Crippen LogP contribution in [0.4, 0.5) is 0 Å². The molecule has 0 heterocycles. The normalized spacial score (nSPS) is 12.9. The van der Waals surface area contributed by atoms with E-state index in [1.54, 1.807) is 39.7 Å². The lowest BCUT2D eigenvalue weighted by atomic mass is 9.88. The average Bonchev–Trinajstić information content (AvgIpc) is 3.20. The molecule has 0 spiro atoms. The van der Waals surface area contributed by atoms with E-state index in [0.29, 0.717) is 85.8 Å². The predicted octanol–water partition coefficient (Wildman–Crippen LogP) is 5.41. The topological polar surface area (TPSA) is 174 Å². The number of rotatable bonds is 36. The SMILES string of the molecule is COCCOCCOCCOCCOCCOCCOCCC(=O)N(CCC(=O)C[C@H](C(=O)N[C@@H](C)C(=O)Cc1ccc(COC(=O)C(C)(C)C)cc1)C(C)C)CCC(C)(C)C. The third kappa shape index (κ3) is 28.4. The fourth-order valence-corrected chi connectivity index (χ4v) is 5.61. The molecule has 1 aromatic rings. The molecule has 2 amide bonds. The number of Topliss-reactive ketones (excluding diaryl/α,β-unsaturated/α-hetero) is 2. The smallest absolute Gasteiger partial charge is 0.311 e. The second kappa shape index (κ2) is 32.4. The molecule has 1 aromatic carbocycles. The highest BCUT2D eigenvalue weighted by Crippen LogP contribution is 2.21. The monoisotopic (exact) mass is 881 g/mol. The van der Waals surface area contributed by atoms with Crippen LogP contribution >= 0.6 is 0 Å². The molecule has 0 bridgehead atoms. The molecule has 1 rings (SSSR count). The zero-order valence-corrected chi connectivity index (χ0v) is 39.6. The van der Waals surface area contributed by atoms with Gasteiger partial charge in [-0.2, -0.15) is 0 Å². The summed E-state index contributed by atoms with van der Waals surface area (Å²) in [7, 11) is 1.63. The van der Waals surface area contributed by atoms with Gasteiger partial charge in [-0.25, -0.2) is 0 Å². The first-order valence-electron chi connectivity index (χ1n) is 22.2. The Labute approximate surface area is 371 Å². The number of nitrogens with one attached hydrogen (secondary N) is 1. The van der Waals surface area contributed by atoms with Gasteiger partial charge < -0.3 is 48.1 Å². The van der Waals surface area contributed by atoms with Crippen molar-refractivity contribution in [1.82, 2.24) is 10.2 Å². The number of carbonyl (C=O) groups is 5. The molecule has 15 heteroatoms. The number of nitrogens with zero attached hydrogens (tertiary/aromatic N) is 1. The van der Waals surface area contributed by atoms with Crippen LogP contribution in [0.15, 0.2) is 24.3 Å². The maximum absolute atomic E-state index is 13.4. The van der Waals surface area contributed by atoms with Gasteiger partial charge in [0.05, 0.1) is 104 Å². The van der Waals surface area contributed by atoms with Gasteiger partial charge in [-0.1, -0.05) is 58.9 Å². The van der Waals surface area contributed by atoms with Crippen molar-refractivity contribution in [2.45, 2.75) is 107 Å². The van der Waals surface area contributed by atoms with Gasteiger partial charge in [0.2, 0.25) is 11.8 Å². The Morgan fingerprint density at radius 1 is 0.629 bits per heavy atom. The number of hydrogen-bond acceptors (Lipinski definition) is 13. The van der Waals surface area contributed by atoms with Crippen LogP contribution in [0.25, 0.3) is 0 Å². The third-order valence-electron chi connectivity index (χ3n) is 9.71. The zero-order valence-electron chi connectivity index (χ0n) is 39.6. The van der Waals surface area contributed by atoms with E-state index in [-0.39, 0.29) is 86.1 Å². The molecule has 0 aromatic heterocycles. The molecule has 62 heavy (non-hydrogen) atoms. The van der Waals surface area contributed by atoms with Crippen molar-refractivity contribution in [3.05, 3.63) is 35.4 Å². The van der Waals surface area contributed by atoms with Crippen LogP contribution in [-0.2, 0) is 74.9 Å². The summed E-state index contributed by atoms with van der Waals surface area (Å²) in [5.41, 5.74) is 0.980. The van der Waals surface area contributed by atoms with Crippen molar-refractivity contribution in [3.63, 3.8) is 0 Å². The zero-order chi connectivity index (χ0) is 46.4. The van der Waals surface area contributed by atoms with Crippen molar-refractivity contribution in [2.24, 2.45) is 22.7 Å². The maximum Gasteiger partial charge on any atom is 0.311 e. The van der Waals surface area contributed by atoms with E-state index in [9.17, 15) is 24.0 Å². The summed E-state index contributed by atoms with van der Waals surface area (Å²) < 4.78 is 43.2. The average molecular weight is 881 g/mol. The highest BCUT2D eigenvalue weighted by atomic mass is 16.6. The second-order valence-corrected chi connectivity index (χ2v) is 18.0. The Morgan fingerprint density at radius 3 is 1.55 bits per heavy atom. The first-order valence-corrected chi connectivity index (χ1v) is 22.2. The molecule has 0 unspecified atom stereocenters. The first kappa shape index (κ1) is 56.7. The number of ketones is 2. The number of methoxy groups -OCH3 is 1. The Morgan fingerprint density at radius 2 is 1.10 bits per heavy atom. The van der Waals surface area contributed by atoms with Crippen LogP contribution in [0.1, 0.15) is 99.1 Å². The summed E-state index contributed by atoms with van der Waals surface area (Å²) in [5.74, 6) is -1.79. The highest BCUT2D eigenvalue weighted by molar-refractivity contribution is 5.92. The minimum Gasteiger partial charge on any atom is -0.460 e. The summed E-state index contributed by atoms with van der Waals surface area (Å²) in [6, 6.07) is 6.49. The molecular weight excluding hydrogens is 801 g/mol.